The van der Waals surface area contributed by atoms with Crippen molar-refractivity contribution in [3.63, 3.8) is 0 Å². The van der Waals surface area contributed by atoms with E-state index in [1.165, 1.54) is 0 Å². The molecule has 0 aliphatic carbocycles. The van der Waals surface area contributed by atoms with Crippen molar-refractivity contribution in [2.75, 3.05) is 37.6 Å². The van der Waals surface area contributed by atoms with Crippen molar-refractivity contribution in [2.24, 2.45) is 0 Å². The van der Waals surface area contributed by atoms with Gasteiger partial charge in [0.1, 0.15) is 6.04 Å². The number of carbonyl (C=O) groups excluding carboxylic acids is 1. The van der Waals surface area contributed by atoms with Gasteiger partial charge in [0, 0.05) is 43.7 Å². The van der Waals surface area contributed by atoms with E-state index in [4.69, 9.17) is 0 Å². The molecule has 0 radical (unpaired) electrons. The third kappa shape index (κ3) is 2.46. The summed E-state index contributed by atoms with van der Waals surface area (Å²) in [5.41, 5.74) is 2.65. The standard InChI is InChI=1S/C18H19N7O/c26-18-15-11-19-6-7-24(15)8-9-25(18)16-5-4-14(21-22-16)13-3-1-2-12-10-20-23-17(12)13/h1-5,10,15,19H,6-9,11H2,(H,20,23)/t15-/m1/s1. The van der Waals surface area contributed by atoms with Crippen LogP contribution in [0.25, 0.3) is 22.2 Å². The van der Waals surface area contributed by atoms with Gasteiger partial charge < -0.3 is 5.32 Å². The molecule has 5 rings (SSSR count). The number of carbonyl (C=O) groups is 1. The lowest BCUT2D eigenvalue weighted by atomic mass is 10.1. The van der Waals surface area contributed by atoms with Gasteiger partial charge in [0.2, 0.25) is 5.91 Å². The van der Waals surface area contributed by atoms with Crippen molar-refractivity contribution in [1.29, 1.82) is 0 Å². The van der Waals surface area contributed by atoms with Crippen LogP contribution in [0.5, 0.6) is 0 Å². The number of fused-ring (bicyclic) bond motifs is 2. The second-order valence-corrected chi connectivity index (χ2v) is 6.66. The van der Waals surface area contributed by atoms with E-state index in [2.05, 4.69) is 30.6 Å². The molecule has 2 fully saturated rings. The van der Waals surface area contributed by atoms with Crippen LogP contribution in [0.1, 0.15) is 0 Å². The zero-order chi connectivity index (χ0) is 17.5. The highest BCUT2D eigenvalue weighted by molar-refractivity contribution is 5.97. The molecule has 3 aromatic rings. The van der Waals surface area contributed by atoms with E-state index >= 15 is 0 Å². The number of piperazine rings is 2. The Morgan fingerprint density at radius 1 is 1.08 bits per heavy atom. The van der Waals surface area contributed by atoms with E-state index < -0.39 is 0 Å². The Labute approximate surface area is 150 Å². The first kappa shape index (κ1) is 15.4. The van der Waals surface area contributed by atoms with Gasteiger partial charge >= 0.3 is 0 Å². The number of anilines is 1. The zero-order valence-corrected chi connectivity index (χ0v) is 14.2. The quantitative estimate of drug-likeness (QED) is 0.706. The molecule has 1 atom stereocenters. The molecule has 4 heterocycles. The molecule has 2 aliphatic rings. The molecular weight excluding hydrogens is 330 g/mol. The second kappa shape index (κ2) is 6.15. The van der Waals surface area contributed by atoms with Crippen LogP contribution in [-0.2, 0) is 4.79 Å². The predicted octanol–water partition coefficient (Wildman–Crippen LogP) is 0.640. The number of nitrogens with one attached hydrogen (secondary N) is 2. The maximum absolute atomic E-state index is 12.8. The summed E-state index contributed by atoms with van der Waals surface area (Å²) in [5, 5.41) is 20.1. The van der Waals surface area contributed by atoms with E-state index in [9.17, 15) is 4.79 Å². The minimum absolute atomic E-state index is 0.0983. The molecule has 1 aromatic carbocycles. The number of nitrogens with zero attached hydrogens (tertiary/aromatic N) is 5. The van der Waals surface area contributed by atoms with Crippen LogP contribution < -0.4 is 10.2 Å². The number of aromatic nitrogens is 4. The maximum Gasteiger partial charge on any atom is 0.246 e. The molecule has 2 aliphatic heterocycles. The number of aromatic amines is 1. The van der Waals surface area contributed by atoms with Crippen molar-refractivity contribution in [1.82, 2.24) is 30.6 Å². The van der Waals surface area contributed by atoms with Crippen molar-refractivity contribution in [3.05, 3.63) is 36.5 Å². The Morgan fingerprint density at radius 2 is 2.04 bits per heavy atom. The largest absolute Gasteiger partial charge is 0.313 e. The fourth-order valence-corrected chi connectivity index (χ4v) is 3.80. The minimum Gasteiger partial charge on any atom is -0.313 e. The van der Waals surface area contributed by atoms with Gasteiger partial charge in [-0.2, -0.15) is 5.10 Å². The number of para-hydroxylation sites is 1. The molecule has 0 saturated carbocycles. The molecule has 2 aromatic heterocycles. The van der Waals surface area contributed by atoms with E-state index in [1.807, 2.05) is 30.3 Å². The summed E-state index contributed by atoms with van der Waals surface area (Å²) in [6.07, 6.45) is 1.79. The summed E-state index contributed by atoms with van der Waals surface area (Å²) >= 11 is 0. The zero-order valence-electron chi connectivity index (χ0n) is 14.2. The molecule has 132 valence electrons. The Balaban J connectivity index is 1.43. The number of H-pyrrole nitrogens is 1. The molecule has 0 bridgehead atoms. The normalized spacial score (nSPS) is 21.2. The SMILES string of the molecule is O=C1[C@H]2CNCCN2CCN1c1ccc(-c2cccc3cn[nH]c23)nn1. The van der Waals surface area contributed by atoms with Crippen molar-refractivity contribution < 1.29 is 4.79 Å². The molecule has 0 spiro atoms. The lowest BCUT2D eigenvalue weighted by Gasteiger charge is -2.42. The summed E-state index contributed by atoms with van der Waals surface area (Å²) < 4.78 is 0. The van der Waals surface area contributed by atoms with Crippen LogP contribution in [0.15, 0.2) is 36.5 Å². The van der Waals surface area contributed by atoms with Crippen molar-refractivity contribution in [2.45, 2.75) is 6.04 Å². The smallest absolute Gasteiger partial charge is 0.246 e. The van der Waals surface area contributed by atoms with Crippen LogP contribution in [0, 0.1) is 0 Å². The molecule has 2 saturated heterocycles. The molecule has 26 heavy (non-hydrogen) atoms. The van der Waals surface area contributed by atoms with Crippen LogP contribution >= 0.6 is 0 Å². The van der Waals surface area contributed by atoms with Gasteiger partial charge in [-0.05, 0) is 12.1 Å². The lowest BCUT2D eigenvalue weighted by Crippen LogP contribution is -2.64. The van der Waals surface area contributed by atoms with E-state index in [1.54, 1.807) is 11.1 Å². The summed E-state index contributed by atoms with van der Waals surface area (Å²) in [5.74, 6) is 0.710. The monoisotopic (exact) mass is 349 g/mol. The van der Waals surface area contributed by atoms with Gasteiger partial charge in [0.25, 0.3) is 0 Å². The fraction of sp³-hybridized carbons (Fsp3) is 0.333. The Kier molecular flexibility index (Phi) is 3.65. The van der Waals surface area contributed by atoms with Gasteiger partial charge in [-0.1, -0.05) is 18.2 Å². The molecular formula is C18H19N7O. The average Bonchev–Trinajstić information content (AvgIpc) is 3.18. The molecule has 8 heteroatoms. The number of hydrogen-bond donors (Lipinski definition) is 2. The van der Waals surface area contributed by atoms with Crippen LogP contribution in [0.2, 0.25) is 0 Å². The van der Waals surface area contributed by atoms with Gasteiger partial charge in [-0.15, -0.1) is 10.2 Å². The first-order chi connectivity index (χ1) is 12.8. The Bertz CT molecular complexity index is 952. The van der Waals surface area contributed by atoms with Gasteiger partial charge in [-0.3, -0.25) is 19.7 Å². The highest BCUT2D eigenvalue weighted by atomic mass is 16.2. The Hall–Kier alpha value is -2.84. The number of amides is 1. The molecule has 1 amide bonds. The number of hydrogen-bond acceptors (Lipinski definition) is 6. The average molecular weight is 349 g/mol. The third-order valence-corrected chi connectivity index (χ3v) is 5.20. The van der Waals surface area contributed by atoms with Gasteiger partial charge in [-0.25, -0.2) is 0 Å². The topological polar surface area (TPSA) is 90.0 Å². The maximum atomic E-state index is 12.8. The third-order valence-electron chi connectivity index (χ3n) is 5.20. The highest BCUT2D eigenvalue weighted by Crippen LogP contribution is 2.26. The first-order valence-electron chi connectivity index (χ1n) is 8.83. The number of rotatable bonds is 2. The first-order valence-corrected chi connectivity index (χ1v) is 8.83. The highest BCUT2D eigenvalue weighted by Gasteiger charge is 2.37. The molecule has 8 nitrogen and oxygen atoms in total. The molecule has 2 N–H and O–H groups in total. The van der Waals surface area contributed by atoms with E-state index in [0.717, 1.165) is 41.8 Å². The Morgan fingerprint density at radius 3 is 2.92 bits per heavy atom. The fourth-order valence-electron chi connectivity index (χ4n) is 3.80. The predicted molar refractivity (Wildman–Crippen MR) is 97.7 cm³/mol. The van der Waals surface area contributed by atoms with E-state index in [0.29, 0.717) is 18.9 Å². The number of benzene rings is 1. The van der Waals surface area contributed by atoms with Crippen LogP contribution in [0.4, 0.5) is 5.82 Å². The summed E-state index contributed by atoms with van der Waals surface area (Å²) in [7, 11) is 0. The summed E-state index contributed by atoms with van der Waals surface area (Å²) in [4.78, 5) is 16.8. The van der Waals surface area contributed by atoms with Crippen LogP contribution in [0.3, 0.4) is 0 Å². The minimum atomic E-state index is -0.0993. The van der Waals surface area contributed by atoms with Crippen LogP contribution in [-0.4, -0.2) is 70.0 Å². The summed E-state index contributed by atoms with van der Waals surface area (Å²) in [6, 6.07) is 9.65. The lowest BCUT2D eigenvalue weighted by molar-refractivity contribution is -0.126. The van der Waals surface area contributed by atoms with Crippen molar-refractivity contribution in [3.8, 4) is 11.3 Å². The van der Waals surface area contributed by atoms with E-state index in [-0.39, 0.29) is 11.9 Å². The summed E-state index contributed by atoms with van der Waals surface area (Å²) in [6.45, 7) is 4.08. The van der Waals surface area contributed by atoms with Gasteiger partial charge in [0.15, 0.2) is 5.82 Å². The molecule has 0 unspecified atom stereocenters. The van der Waals surface area contributed by atoms with Crippen molar-refractivity contribution >= 4 is 22.6 Å². The van der Waals surface area contributed by atoms with Gasteiger partial charge in [0.05, 0.1) is 17.4 Å². The second-order valence-electron chi connectivity index (χ2n) is 6.66.